The molecule has 1 saturated carbocycles. The van der Waals surface area contributed by atoms with Crippen molar-refractivity contribution in [3.05, 3.63) is 37.5 Å². The highest BCUT2D eigenvalue weighted by atomic mass is 16.2. The molecule has 6 atom stereocenters. The quantitative estimate of drug-likeness (QED) is 0.553. The predicted molar refractivity (Wildman–Crippen MR) is 83.9 cm³/mol. The molecule has 0 aromatic rings. The molecule has 5 rings (SSSR count). The summed E-state index contributed by atoms with van der Waals surface area (Å²) in [5, 5.41) is 0. The lowest BCUT2D eigenvalue weighted by Gasteiger charge is -2.44. The van der Waals surface area contributed by atoms with Crippen molar-refractivity contribution in [3.8, 4) is 0 Å². The first-order valence-corrected chi connectivity index (χ1v) is 8.13. The van der Waals surface area contributed by atoms with E-state index in [2.05, 4.69) is 13.2 Å². The first-order chi connectivity index (χ1) is 11.5. The number of carbonyl (C=O) groups is 4. The van der Waals surface area contributed by atoms with Gasteiger partial charge in [0.15, 0.2) is 0 Å². The highest BCUT2D eigenvalue weighted by Gasteiger charge is 2.68. The summed E-state index contributed by atoms with van der Waals surface area (Å²) in [6, 6.07) is 0. The Kier molecular flexibility index (Phi) is 3.13. The molecule has 3 fully saturated rings. The zero-order valence-electron chi connectivity index (χ0n) is 13.1. The van der Waals surface area contributed by atoms with E-state index in [1.165, 1.54) is 22.0 Å². The lowest BCUT2D eigenvalue weighted by Crippen LogP contribution is -2.50. The van der Waals surface area contributed by atoms with Crippen LogP contribution >= 0.6 is 0 Å². The van der Waals surface area contributed by atoms with Gasteiger partial charge in [-0.15, -0.1) is 13.2 Å². The second kappa shape index (κ2) is 5.00. The molecule has 2 aliphatic heterocycles. The SMILES string of the molecule is C=CCN1C(=O)[C@@H]2C3C=CC([C@H]4C(=O)N(CC=C)C(=O)[C@@H]34)[C@@H]2C1=O. The standard InChI is InChI=1S/C18H18N2O4/c1-3-7-19-15(21)11-9-5-6-10(12(11)16(19)22)14-13(9)17(23)20(8-4-2)18(14)24/h3-6,9-14H,1-2,7-8H2/t9?,10?,11-,12+,13+,14-. The van der Waals surface area contributed by atoms with E-state index < -0.39 is 23.7 Å². The summed E-state index contributed by atoms with van der Waals surface area (Å²) >= 11 is 0. The van der Waals surface area contributed by atoms with Crippen LogP contribution in [0.1, 0.15) is 0 Å². The van der Waals surface area contributed by atoms with E-state index in [0.29, 0.717) is 0 Å². The molecular formula is C18H18N2O4. The van der Waals surface area contributed by atoms with Crippen molar-refractivity contribution in [2.75, 3.05) is 13.1 Å². The van der Waals surface area contributed by atoms with E-state index in [4.69, 9.17) is 0 Å². The van der Waals surface area contributed by atoms with E-state index in [1.807, 2.05) is 12.2 Å². The average Bonchev–Trinajstić information content (AvgIpc) is 2.99. The number of rotatable bonds is 4. The Bertz CT molecular complexity index is 621. The number of likely N-dealkylation sites (tertiary alicyclic amines) is 2. The molecule has 0 spiro atoms. The number of imide groups is 2. The maximum atomic E-state index is 12.7. The third-order valence-electron chi connectivity index (χ3n) is 5.82. The molecule has 0 radical (unpaired) electrons. The summed E-state index contributed by atoms with van der Waals surface area (Å²) in [5.41, 5.74) is 0. The molecule has 24 heavy (non-hydrogen) atoms. The summed E-state index contributed by atoms with van der Waals surface area (Å²) in [6.07, 6.45) is 6.76. The van der Waals surface area contributed by atoms with Crippen LogP contribution in [0.2, 0.25) is 0 Å². The lowest BCUT2D eigenvalue weighted by atomic mass is 9.54. The van der Waals surface area contributed by atoms with E-state index >= 15 is 0 Å². The largest absolute Gasteiger partial charge is 0.278 e. The smallest absolute Gasteiger partial charge is 0.234 e. The van der Waals surface area contributed by atoms with Crippen LogP contribution in [0.5, 0.6) is 0 Å². The van der Waals surface area contributed by atoms with Gasteiger partial charge in [0, 0.05) is 24.9 Å². The molecule has 2 bridgehead atoms. The number of amides is 4. The summed E-state index contributed by atoms with van der Waals surface area (Å²) in [4.78, 5) is 53.3. The van der Waals surface area contributed by atoms with Crippen LogP contribution in [0.3, 0.4) is 0 Å². The van der Waals surface area contributed by atoms with Crippen LogP contribution in [-0.2, 0) is 19.2 Å². The fourth-order valence-electron chi connectivity index (χ4n) is 4.97. The van der Waals surface area contributed by atoms with Crippen molar-refractivity contribution < 1.29 is 19.2 Å². The van der Waals surface area contributed by atoms with Gasteiger partial charge in [0.2, 0.25) is 23.6 Å². The van der Waals surface area contributed by atoms with Gasteiger partial charge in [-0.1, -0.05) is 24.3 Å². The Morgan fingerprint density at radius 3 is 1.25 bits per heavy atom. The Balaban J connectivity index is 1.76. The van der Waals surface area contributed by atoms with Crippen LogP contribution in [0, 0.1) is 35.5 Å². The maximum Gasteiger partial charge on any atom is 0.234 e. The Hall–Kier alpha value is -2.50. The molecule has 0 aromatic carbocycles. The van der Waals surface area contributed by atoms with Crippen molar-refractivity contribution in [2.24, 2.45) is 35.5 Å². The van der Waals surface area contributed by atoms with Crippen LogP contribution in [0.4, 0.5) is 0 Å². The van der Waals surface area contributed by atoms with Crippen molar-refractivity contribution >= 4 is 23.6 Å². The molecule has 0 N–H and O–H groups in total. The summed E-state index contributed by atoms with van der Waals surface area (Å²) in [5.74, 6) is -3.89. The molecule has 4 amide bonds. The first-order valence-electron chi connectivity index (χ1n) is 8.13. The van der Waals surface area contributed by atoms with Crippen LogP contribution < -0.4 is 0 Å². The highest BCUT2D eigenvalue weighted by Crippen LogP contribution is 2.57. The molecule has 2 unspecified atom stereocenters. The second-order valence-electron chi connectivity index (χ2n) is 6.79. The summed E-state index contributed by atoms with van der Waals surface area (Å²) in [6.45, 7) is 7.52. The fourth-order valence-corrected chi connectivity index (χ4v) is 4.97. The fraction of sp³-hybridized carbons (Fsp3) is 0.444. The Labute approximate surface area is 139 Å². The molecule has 3 aliphatic carbocycles. The van der Waals surface area contributed by atoms with Crippen molar-refractivity contribution in [1.82, 2.24) is 9.80 Å². The molecule has 124 valence electrons. The van der Waals surface area contributed by atoms with Crippen LogP contribution in [-0.4, -0.2) is 46.5 Å². The minimum Gasteiger partial charge on any atom is -0.278 e. The highest BCUT2D eigenvalue weighted by molar-refractivity contribution is 6.11. The van der Waals surface area contributed by atoms with Gasteiger partial charge in [0.25, 0.3) is 0 Å². The zero-order valence-corrected chi connectivity index (χ0v) is 13.1. The van der Waals surface area contributed by atoms with Crippen LogP contribution in [0.25, 0.3) is 0 Å². The third-order valence-corrected chi connectivity index (χ3v) is 5.82. The van der Waals surface area contributed by atoms with E-state index in [0.717, 1.165) is 0 Å². The van der Waals surface area contributed by atoms with Crippen LogP contribution in [0.15, 0.2) is 37.5 Å². The maximum absolute atomic E-state index is 12.7. The van der Waals surface area contributed by atoms with Crippen molar-refractivity contribution in [2.45, 2.75) is 0 Å². The van der Waals surface area contributed by atoms with E-state index in [1.54, 1.807) is 0 Å². The molecule has 2 saturated heterocycles. The third kappa shape index (κ3) is 1.60. The summed E-state index contributed by atoms with van der Waals surface area (Å²) < 4.78 is 0. The molecular weight excluding hydrogens is 308 g/mol. The van der Waals surface area contributed by atoms with E-state index in [9.17, 15) is 19.2 Å². The number of allylic oxidation sites excluding steroid dienone is 2. The van der Waals surface area contributed by atoms with Gasteiger partial charge in [-0.25, -0.2) is 0 Å². The van der Waals surface area contributed by atoms with Gasteiger partial charge in [-0.2, -0.15) is 0 Å². The number of hydrogen-bond acceptors (Lipinski definition) is 4. The van der Waals surface area contributed by atoms with Gasteiger partial charge in [0.05, 0.1) is 23.7 Å². The Morgan fingerprint density at radius 1 is 0.708 bits per heavy atom. The van der Waals surface area contributed by atoms with Gasteiger partial charge in [-0.05, 0) is 0 Å². The first kappa shape index (κ1) is 15.1. The number of hydrogen-bond donors (Lipinski definition) is 0. The molecule has 6 nitrogen and oxygen atoms in total. The topological polar surface area (TPSA) is 74.8 Å². The van der Waals surface area contributed by atoms with Crippen molar-refractivity contribution in [3.63, 3.8) is 0 Å². The van der Waals surface area contributed by atoms with Gasteiger partial charge in [-0.3, -0.25) is 29.0 Å². The molecule has 2 heterocycles. The molecule has 5 aliphatic rings. The predicted octanol–water partition coefficient (Wildman–Crippen LogP) is 0.377. The van der Waals surface area contributed by atoms with E-state index in [-0.39, 0.29) is 48.6 Å². The number of nitrogens with zero attached hydrogens (tertiary/aromatic N) is 2. The van der Waals surface area contributed by atoms with Crippen molar-refractivity contribution in [1.29, 1.82) is 0 Å². The Morgan fingerprint density at radius 2 is 1.00 bits per heavy atom. The number of carbonyl (C=O) groups excluding carboxylic acids is 4. The minimum atomic E-state index is -0.533. The molecule has 0 aromatic heterocycles. The average molecular weight is 326 g/mol. The molecule has 6 heteroatoms. The normalized spacial score (nSPS) is 39.5. The minimum absolute atomic E-state index is 0.171. The van der Waals surface area contributed by atoms with Gasteiger partial charge in [0.1, 0.15) is 0 Å². The second-order valence-corrected chi connectivity index (χ2v) is 6.79. The summed E-state index contributed by atoms with van der Waals surface area (Å²) in [7, 11) is 0. The van der Waals surface area contributed by atoms with Gasteiger partial charge >= 0.3 is 0 Å². The lowest BCUT2D eigenvalue weighted by molar-refractivity contribution is -0.139. The monoisotopic (exact) mass is 326 g/mol. The zero-order chi connectivity index (χ0) is 17.2. The van der Waals surface area contributed by atoms with Gasteiger partial charge < -0.3 is 0 Å².